The highest BCUT2D eigenvalue weighted by Crippen LogP contribution is 2.11. The van der Waals surface area contributed by atoms with Crippen LogP contribution in [0.1, 0.15) is 20.3 Å². The smallest absolute Gasteiger partial charge is 0.307 e. The Morgan fingerprint density at radius 2 is 2.13 bits per heavy atom. The molecule has 0 saturated carbocycles. The summed E-state index contributed by atoms with van der Waals surface area (Å²) in [5.41, 5.74) is 0. The third kappa shape index (κ3) is 4.44. The number of nitrogens with zero attached hydrogens (tertiary/aromatic N) is 1. The third-order valence-electron chi connectivity index (χ3n) is 2.59. The van der Waals surface area contributed by atoms with Crippen LogP contribution in [0.4, 0.5) is 0 Å². The second kappa shape index (κ2) is 5.88. The molecule has 15 heavy (non-hydrogen) atoms. The van der Waals surface area contributed by atoms with Crippen molar-refractivity contribution >= 4 is 5.97 Å². The number of ether oxygens (including phenoxy) is 1. The standard InChI is InChI=1S/C11H20N2O2/c1-9(8-10(2)15-11(3)14)13-6-4-12-5-7-13/h9,12H,2,4-8H2,1,3H3. The van der Waals surface area contributed by atoms with Gasteiger partial charge in [0.25, 0.3) is 0 Å². The highest BCUT2D eigenvalue weighted by atomic mass is 16.5. The molecular weight excluding hydrogens is 192 g/mol. The Labute approximate surface area is 91.3 Å². The van der Waals surface area contributed by atoms with Crippen LogP contribution in [0.25, 0.3) is 0 Å². The van der Waals surface area contributed by atoms with Gasteiger partial charge >= 0.3 is 5.97 Å². The molecule has 0 radical (unpaired) electrons. The van der Waals surface area contributed by atoms with E-state index in [1.54, 1.807) is 0 Å². The molecule has 0 aromatic carbocycles. The summed E-state index contributed by atoms with van der Waals surface area (Å²) >= 11 is 0. The van der Waals surface area contributed by atoms with Gasteiger partial charge < -0.3 is 10.1 Å². The fourth-order valence-corrected chi connectivity index (χ4v) is 1.83. The fourth-order valence-electron chi connectivity index (χ4n) is 1.83. The topological polar surface area (TPSA) is 41.6 Å². The molecule has 4 heteroatoms. The first kappa shape index (κ1) is 12.2. The lowest BCUT2D eigenvalue weighted by molar-refractivity contribution is -0.137. The van der Waals surface area contributed by atoms with Crippen molar-refractivity contribution in [2.45, 2.75) is 26.3 Å². The molecule has 0 aromatic rings. The Morgan fingerprint density at radius 1 is 1.53 bits per heavy atom. The van der Waals surface area contributed by atoms with Gasteiger partial charge in [-0.2, -0.15) is 0 Å². The number of esters is 1. The Kier molecular flexibility index (Phi) is 4.78. The van der Waals surface area contributed by atoms with Crippen LogP contribution in [0.5, 0.6) is 0 Å². The van der Waals surface area contributed by atoms with Gasteiger partial charge in [-0.3, -0.25) is 9.69 Å². The molecule has 1 N–H and O–H groups in total. The Balaban J connectivity index is 2.30. The molecule has 1 unspecified atom stereocenters. The van der Waals surface area contributed by atoms with Gasteiger partial charge in [-0.1, -0.05) is 6.58 Å². The predicted molar refractivity (Wildman–Crippen MR) is 59.4 cm³/mol. The maximum Gasteiger partial charge on any atom is 0.307 e. The van der Waals surface area contributed by atoms with Crippen LogP contribution >= 0.6 is 0 Å². The number of nitrogens with one attached hydrogen (secondary N) is 1. The average Bonchev–Trinajstić information content (AvgIpc) is 2.17. The van der Waals surface area contributed by atoms with E-state index in [1.165, 1.54) is 6.92 Å². The Hall–Kier alpha value is -0.870. The van der Waals surface area contributed by atoms with Gasteiger partial charge in [-0.15, -0.1) is 0 Å². The normalized spacial score (nSPS) is 19.6. The van der Waals surface area contributed by atoms with Gasteiger partial charge in [0.1, 0.15) is 5.76 Å². The number of carbonyl (C=O) groups excluding carboxylic acids is 1. The molecule has 0 amide bonds. The fraction of sp³-hybridized carbons (Fsp3) is 0.727. The Morgan fingerprint density at radius 3 is 2.67 bits per heavy atom. The summed E-state index contributed by atoms with van der Waals surface area (Å²) in [5, 5.41) is 3.31. The molecule has 0 aromatic heterocycles. The summed E-state index contributed by atoms with van der Waals surface area (Å²) in [6.45, 7) is 11.5. The van der Waals surface area contributed by atoms with Crippen LogP contribution in [0.2, 0.25) is 0 Å². The zero-order valence-corrected chi connectivity index (χ0v) is 9.58. The van der Waals surface area contributed by atoms with Crippen molar-refractivity contribution in [1.29, 1.82) is 0 Å². The molecular formula is C11H20N2O2. The number of piperazine rings is 1. The van der Waals surface area contributed by atoms with Crippen LogP contribution in [-0.2, 0) is 9.53 Å². The molecule has 1 aliphatic heterocycles. The van der Waals surface area contributed by atoms with Crippen molar-refractivity contribution in [2.75, 3.05) is 26.2 Å². The molecule has 86 valence electrons. The highest BCUT2D eigenvalue weighted by molar-refractivity contribution is 5.67. The van der Waals surface area contributed by atoms with Crippen molar-refractivity contribution in [2.24, 2.45) is 0 Å². The number of hydrogen-bond donors (Lipinski definition) is 1. The third-order valence-corrected chi connectivity index (χ3v) is 2.59. The molecule has 1 aliphatic rings. The van der Waals surface area contributed by atoms with Gasteiger partial charge in [0.2, 0.25) is 0 Å². The average molecular weight is 212 g/mol. The van der Waals surface area contributed by atoms with E-state index in [4.69, 9.17) is 4.74 Å². The molecule has 0 aliphatic carbocycles. The summed E-state index contributed by atoms with van der Waals surface area (Å²) in [6, 6.07) is 0.388. The maximum atomic E-state index is 10.7. The molecule has 1 fully saturated rings. The minimum absolute atomic E-state index is 0.285. The zero-order valence-electron chi connectivity index (χ0n) is 9.58. The SMILES string of the molecule is C=C(CC(C)N1CCNCC1)OC(C)=O. The van der Waals surface area contributed by atoms with Crippen molar-refractivity contribution in [3.05, 3.63) is 12.3 Å². The van der Waals surface area contributed by atoms with Crippen LogP contribution in [0.3, 0.4) is 0 Å². The van der Waals surface area contributed by atoms with Gasteiger partial charge in [-0.05, 0) is 6.92 Å². The monoisotopic (exact) mass is 212 g/mol. The van der Waals surface area contributed by atoms with Crippen LogP contribution < -0.4 is 5.32 Å². The lowest BCUT2D eigenvalue weighted by Crippen LogP contribution is -2.47. The second-order valence-electron chi connectivity index (χ2n) is 3.97. The summed E-state index contributed by atoms with van der Waals surface area (Å²) in [6.07, 6.45) is 0.722. The first-order valence-corrected chi connectivity index (χ1v) is 5.40. The zero-order chi connectivity index (χ0) is 11.3. The van der Waals surface area contributed by atoms with Gasteiger partial charge in [0.05, 0.1) is 0 Å². The summed E-state index contributed by atoms with van der Waals surface area (Å²) in [5.74, 6) is 0.279. The number of hydrogen-bond acceptors (Lipinski definition) is 4. The van der Waals surface area contributed by atoms with E-state index in [1.807, 2.05) is 0 Å². The van der Waals surface area contributed by atoms with E-state index >= 15 is 0 Å². The van der Waals surface area contributed by atoms with Gasteiger partial charge in [0, 0.05) is 45.6 Å². The van der Waals surface area contributed by atoms with Crippen LogP contribution in [0.15, 0.2) is 12.3 Å². The van der Waals surface area contributed by atoms with Crippen molar-refractivity contribution in [3.63, 3.8) is 0 Å². The van der Waals surface area contributed by atoms with Crippen molar-refractivity contribution in [1.82, 2.24) is 10.2 Å². The quantitative estimate of drug-likeness (QED) is 0.551. The van der Waals surface area contributed by atoms with Gasteiger partial charge in [-0.25, -0.2) is 0 Å². The van der Waals surface area contributed by atoms with E-state index in [0.29, 0.717) is 11.8 Å². The molecule has 4 nitrogen and oxygen atoms in total. The van der Waals surface area contributed by atoms with E-state index in [0.717, 1.165) is 32.6 Å². The molecule has 0 bridgehead atoms. The summed E-state index contributed by atoms with van der Waals surface area (Å²) in [7, 11) is 0. The van der Waals surface area contributed by atoms with Crippen molar-refractivity contribution in [3.8, 4) is 0 Å². The van der Waals surface area contributed by atoms with E-state index in [-0.39, 0.29) is 5.97 Å². The minimum Gasteiger partial charge on any atom is -0.432 e. The van der Waals surface area contributed by atoms with E-state index in [2.05, 4.69) is 23.7 Å². The van der Waals surface area contributed by atoms with Gasteiger partial charge in [0.15, 0.2) is 0 Å². The summed E-state index contributed by atoms with van der Waals surface area (Å²) < 4.78 is 4.94. The maximum absolute atomic E-state index is 10.7. The van der Waals surface area contributed by atoms with E-state index < -0.39 is 0 Å². The summed E-state index contributed by atoms with van der Waals surface area (Å²) in [4.78, 5) is 13.1. The van der Waals surface area contributed by atoms with Crippen LogP contribution in [0, 0.1) is 0 Å². The number of carbonyl (C=O) groups is 1. The molecule has 1 rings (SSSR count). The highest BCUT2D eigenvalue weighted by Gasteiger charge is 2.17. The molecule has 1 atom stereocenters. The first-order valence-electron chi connectivity index (χ1n) is 5.40. The lowest BCUT2D eigenvalue weighted by Gasteiger charge is -2.32. The Bertz CT molecular complexity index is 235. The molecule has 1 heterocycles. The first-order chi connectivity index (χ1) is 7.09. The predicted octanol–water partition coefficient (Wildman–Crippen LogP) is 0.747. The molecule has 1 saturated heterocycles. The lowest BCUT2D eigenvalue weighted by atomic mass is 10.1. The van der Waals surface area contributed by atoms with E-state index in [9.17, 15) is 4.79 Å². The molecule has 0 spiro atoms. The minimum atomic E-state index is -0.285. The number of rotatable bonds is 4. The largest absolute Gasteiger partial charge is 0.432 e. The van der Waals surface area contributed by atoms with Crippen molar-refractivity contribution < 1.29 is 9.53 Å². The second-order valence-corrected chi connectivity index (χ2v) is 3.97. The van der Waals surface area contributed by atoms with Crippen LogP contribution in [-0.4, -0.2) is 43.1 Å².